The molecule has 2 aliphatic rings. The molecule has 0 aromatic rings. The number of nitrogens with one attached hydrogen (secondary N) is 1. The molecule has 0 aromatic carbocycles. The predicted molar refractivity (Wildman–Crippen MR) is 72.5 cm³/mol. The Kier molecular flexibility index (Phi) is 4.43. The van der Waals surface area contributed by atoms with Crippen molar-refractivity contribution in [2.45, 2.75) is 39.5 Å². The smallest absolute Gasteiger partial charge is 0.0990 e. The molecule has 1 aliphatic carbocycles. The molecule has 0 unspecified atom stereocenters. The minimum absolute atomic E-state index is 0.576. The van der Waals surface area contributed by atoms with Crippen LogP contribution in [0.5, 0.6) is 0 Å². The summed E-state index contributed by atoms with van der Waals surface area (Å²) in [6.07, 6.45) is 5.18. The van der Waals surface area contributed by atoms with Crippen LogP contribution in [0, 0.1) is 17.2 Å². The molecule has 17 heavy (non-hydrogen) atoms. The summed E-state index contributed by atoms with van der Waals surface area (Å²) in [4.78, 5) is 4.87. The standard InChI is InChI=1S/C14H27N3/c1-12(2)11-16-7-9-17(10-8-16)14(15)13-5-3-4-6-13/h12-13,15H,3-11H2,1-2H3. The van der Waals surface area contributed by atoms with Crippen LogP contribution in [0.15, 0.2) is 0 Å². The molecule has 3 nitrogen and oxygen atoms in total. The van der Waals surface area contributed by atoms with Crippen molar-refractivity contribution in [3.05, 3.63) is 0 Å². The van der Waals surface area contributed by atoms with Gasteiger partial charge in [-0.15, -0.1) is 0 Å². The van der Waals surface area contributed by atoms with Gasteiger partial charge in [-0.1, -0.05) is 26.7 Å². The molecular formula is C14H27N3. The summed E-state index contributed by atoms with van der Waals surface area (Å²) in [7, 11) is 0. The molecular weight excluding hydrogens is 210 g/mol. The summed E-state index contributed by atoms with van der Waals surface area (Å²) in [6.45, 7) is 10.2. The van der Waals surface area contributed by atoms with Gasteiger partial charge in [0, 0.05) is 38.6 Å². The van der Waals surface area contributed by atoms with E-state index in [1.807, 2.05) is 0 Å². The molecule has 2 rings (SSSR count). The molecule has 0 atom stereocenters. The third-order valence-electron chi connectivity index (χ3n) is 4.08. The normalized spacial score (nSPS) is 23.6. The van der Waals surface area contributed by atoms with Gasteiger partial charge in [0.15, 0.2) is 0 Å². The second-order valence-corrected chi connectivity index (χ2v) is 6.05. The Morgan fingerprint density at radius 2 is 1.71 bits per heavy atom. The summed E-state index contributed by atoms with van der Waals surface area (Å²) in [5, 5.41) is 8.30. The lowest BCUT2D eigenvalue weighted by molar-refractivity contribution is 0.162. The van der Waals surface area contributed by atoms with Crippen LogP contribution in [0.3, 0.4) is 0 Å². The molecule has 1 N–H and O–H groups in total. The van der Waals surface area contributed by atoms with Crippen LogP contribution in [0.1, 0.15) is 39.5 Å². The Balaban J connectivity index is 1.76. The molecule has 0 bridgehead atoms. The number of amidine groups is 1. The first-order chi connectivity index (χ1) is 8.16. The monoisotopic (exact) mass is 237 g/mol. The molecule has 1 aliphatic heterocycles. The fourth-order valence-corrected chi connectivity index (χ4v) is 3.15. The maximum absolute atomic E-state index is 8.30. The zero-order valence-corrected chi connectivity index (χ0v) is 11.4. The van der Waals surface area contributed by atoms with Crippen molar-refractivity contribution >= 4 is 5.84 Å². The topological polar surface area (TPSA) is 30.3 Å². The lowest BCUT2D eigenvalue weighted by Crippen LogP contribution is -2.50. The average Bonchev–Trinajstić information content (AvgIpc) is 2.82. The van der Waals surface area contributed by atoms with E-state index in [0.717, 1.165) is 37.9 Å². The van der Waals surface area contributed by atoms with Crippen LogP contribution in [0.2, 0.25) is 0 Å². The van der Waals surface area contributed by atoms with Gasteiger partial charge in [0.05, 0.1) is 5.84 Å². The van der Waals surface area contributed by atoms with Crippen LogP contribution >= 0.6 is 0 Å². The Bertz CT molecular complexity index is 248. The van der Waals surface area contributed by atoms with E-state index in [9.17, 15) is 0 Å². The van der Waals surface area contributed by atoms with Gasteiger partial charge in [-0.05, 0) is 18.8 Å². The second-order valence-electron chi connectivity index (χ2n) is 6.05. The Labute approximate surface area is 106 Å². The minimum atomic E-state index is 0.576. The summed E-state index contributed by atoms with van der Waals surface area (Å²) < 4.78 is 0. The highest BCUT2D eigenvalue weighted by molar-refractivity contribution is 5.82. The number of hydrogen-bond donors (Lipinski definition) is 1. The lowest BCUT2D eigenvalue weighted by Gasteiger charge is -2.38. The first-order valence-electron chi connectivity index (χ1n) is 7.22. The van der Waals surface area contributed by atoms with Crippen molar-refractivity contribution in [3.63, 3.8) is 0 Å². The van der Waals surface area contributed by atoms with Crippen molar-refractivity contribution in [2.24, 2.45) is 11.8 Å². The molecule has 0 spiro atoms. The maximum Gasteiger partial charge on any atom is 0.0990 e. The van der Waals surface area contributed by atoms with Gasteiger partial charge in [-0.25, -0.2) is 0 Å². The molecule has 1 saturated carbocycles. The van der Waals surface area contributed by atoms with E-state index in [-0.39, 0.29) is 0 Å². The van der Waals surface area contributed by atoms with Crippen LogP contribution in [-0.2, 0) is 0 Å². The van der Waals surface area contributed by atoms with E-state index < -0.39 is 0 Å². The van der Waals surface area contributed by atoms with Crippen molar-refractivity contribution in [1.82, 2.24) is 9.80 Å². The van der Waals surface area contributed by atoms with Crippen LogP contribution in [-0.4, -0.2) is 48.4 Å². The quantitative estimate of drug-likeness (QED) is 0.603. The lowest BCUT2D eigenvalue weighted by atomic mass is 10.1. The van der Waals surface area contributed by atoms with Gasteiger partial charge in [-0.3, -0.25) is 10.3 Å². The Morgan fingerprint density at radius 1 is 1.12 bits per heavy atom. The first kappa shape index (κ1) is 12.9. The van der Waals surface area contributed by atoms with E-state index >= 15 is 0 Å². The highest BCUT2D eigenvalue weighted by Crippen LogP contribution is 2.27. The van der Waals surface area contributed by atoms with Crippen LogP contribution in [0.4, 0.5) is 0 Å². The Morgan fingerprint density at radius 3 is 2.24 bits per heavy atom. The summed E-state index contributed by atoms with van der Waals surface area (Å²) in [6, 6.07) is 0. The third kappa shape index (κ3) is 3.44. The molecule has 0 aromatic heterocycles. The summed E-state index contributed by atoms with van der Waals surface area (Å²) in [5.41, 5.74) is 0. The van der Waals surface area contributed by atoms with Crippen LogP contribution in [0.25, 0.3) is 0 Å². The molecule has 2 fully saturated rings. The molecule has 0 radical (unpaired) electrons. The van der Waals surface area contributed by atoms with Crippen molar-refractivity contribution in [1.29, 1.82) is 5.41 Å². The van der Waals surface area contributed by atoms with Crippen molar-refractivity contribution in [2.75, 3.05) is 32.7 Å². The van der Waals surface area contributed by atoms with Gasteiger partial charge >= 0.3 is 0 Å². The van der Waals surface area contributed by atoms with E-state index in [2.05, 4.69) is 23.6 Å². The number of rotatable bonds is 3. The number of hydrogen-bond acceptors (Lipinski definition) is 2. The minimum Gasteiger partial charge on any atom is -0.358 e. The van der Waals surface area contributed by atoms with E-state index in [4.69, 9.17) is 5.41 Å². The molecule has 1 saturated heterocycles. The highest BCUT2D eigenvalue weighted by atomic mass is 15.3. The zero-order valence-electron chi connectivity index (χ0n) is 11.4. The van der Waals surface area contributed by atoms with Gasteiger partial charge in [0.1, 0.15) is 0 Å². The number of piperazine rings is 1. The van der Waals surface area contributed by atoms with Gasteiger partial charge in [0.25, 0.3) is 0 Å². The van der Waals surface area contributed by atoms with E-state index in [1.54, 1.807) is 0 Å². The van der Waals surface area contributed by atoms with Gasteiger partial charge < -0.3 is 4.90 Å². The number of nitrogens with zero attached hydrogens (tertiary/aromatic N) is 2. The summed E-state index contributed by atoms with van der Waals surface area (Å²) in [5.74, 6) is 2.27. The van der Waals surface area contributed by atoms with E-state index in [1.165, 1.54) is 32.2 Å². The third-order valence-corrected chi connectivity index (χ3v) is 4.08. The fraction of sp³-hybridized carbons (Fsp3) is 0.929. The highest BCUT2D eigenvalue weighted by Gasteiger charge is 2.26. The predicted octanol–water partition coefficient (Wildman–Crippen LogP) is 2.43. The Hall–Kier alpha value is -0.570. The van der Waals surface area contributed by atoms with Crippen molar-refractivity contribution < 1.29 is 0 Å². The average molecular weight is 237 g/mol. The summed E-state index contributed by atoms with van der Waals surface area (Å²) >= 11 is 0. The second kappa shape index (κ2) is 5.85. The molecule has 1 heterocycles. The van der Waals surface area contributed by atoms with Gasteiger partial charge in [0.2, 0.25) is 0 Å². The SMILES string of the molecule is CC(C)CN1CCN(C(=N)C2CCCC2)CC1. The fourth-order valence-electron chi connectivity index (χ4n) is 3.15. The van der Waals surface area contributed by atoms with Crippen LogP contribution < -0.4 is 0 Å². The maximum atomic E-state index is 8.30. The molecule has 3 heteroatoms. The largest absolute Gasteiger partial charge is 0.358 e. The molecule has 0 amide bonds. The van der Waals surface area contributed by atoms with E-state index in [0.29, 0.717) is 5.92 Å². The molecule has 98 valence electrons. The van der Waals surface area contributed by atoms with Crippen molar-refractivity contribution in [3.8, 4) is 0 Å². The zero-order chi connectivity index (χ0) is 12.3. The van der Waals surface area contributed by atoms with Gasteiger partial charge in [-0.2, -0.15) is 0 Å². The first-order valence-corrected chi connectivity index (χ1v) is 7.22.